The van der Waals surface area contributed by atoms with Crippen molar-refractivity contribution in [1.82, 2.24) is 4.31 Å². The van der Waals surface area contributed by atoms with Gasteiger partial charge in [-0.05, 0) is 12.1 Å². The Morgan fingerprint density at radius 1 is 1.56 bits per heavy atom. The van der Waals surface area contributed by atoms with Crippen LogP contribution in [-0.2, 0) is 21.3 Å². The van der Waals surface area contributed by atoms with Gasteiger partial charge in [0, 0.05) is 25.1 Å². The van der Waals surface area contributed by atoms with Gasteiger partial charge in [0.1, 0.15) is 0 Å². The highest BCUT2D eigenvalue weighted by Crippen LogP contribution is 2.23. The van der Waals surface area contributed by atoms with Crippen molar-refractivity contribution in [3.8, 4) is 0 Å². The third-order valence-electron chi connectivity index (χ3n) is 2.23. The fourth-order valence-electron chi connectivity index (χ4n) is 1.35. The summed E-state index contributed by atoms with van der Waals surface area (Å²) in [6, 6.07) is 3.59. The third-order valence-corrected chi connectivity index (χ3v) is 5.20. The molecule has 0 saturated heterocycles. The lowest BCUT2D eigenvalue weighted by Gasteiger charge is -2.19. The quantitative estimate of drug-likeness (QED) is 0.693. The fraction of sp³-hybridized carbons (Fsp3) is 0.455. The van der Waals surface area contributed by atoms with Crippen LogP contribution in [-0.4, -0.2) is 38.7 Å². The molecule has 0 radical (unpaired) electrons. The molecule has 18 heavy (non-hydrogen) atoms. The van der Waals surface area contributed by atoms with Gasteiger partial charge in [-0.3, -0.25) is 0 Å². The van der Waals surface area contributed by atoms with Crippen LogP contribution in [0.5, 0.6) is 0 Å². The molecule has 0 saturated carbocycles. The van der Waals surface area contributed by atoms with E-state index in [0.29, 0.717) is 10.9 Å². The molecule has 4 nitrogen and oxygen atoms in total. The van der Waals surface area contributed by atoms with Gasteiger partial charge in [0.25, 0.3) is 0 Å². The Hall–Kier alpha value is -0.400. The first-order chi connectivity index (χ1) is 8.49. The zero-order valence-corrected chi connectivity index (χ0v) is 12.5. The first kappa shape index (κ1) is 15.7. The maximum atomic E-state index is 12.1. The van der Waals surface area contributed by atoms with Gasteiger partial charge < -0.3 is 4.74 Å². The number of hydrogen-bond donors (Lipinski definition) is 0. The predicted octanol–water partition coefficient (Wildman–Crippen LogP) is 2.37. The largest absolute Gasteiger partial charge is 0.384 e. The van der Waals surface area contributed by atoms with Gasteiger partial charge >= 0.3 is 0 Å². The molecule has 1 aromatic rings. The number of hydrogen-bond acceptors (Lipinski definition) is 4. The highest BCUT2D eigenvalue weighted by molar-refractivity contribution is 7.89. The molecule has 0 amide bonds. The van der Waals surface area contributed by atoms with Crippen LogP contribution < -0.4 is 0 Å². The van der Waals surface area contributed by atoms with Crippen LogP contribution in [0.3, 0.4) is 0 Å². The van der Waals surface area contributed by atoms with Gasteiger partial charge in [0.05, 0.1) is 16.7 Å². The van der Waals surface area contributed by atoms with Crippen LogP contribution in [0.4, 0.5) is 0 Å². The van der Waals surface area contributed by atoms with Crippen molar-refractivity contribution in [2.45, 2.75) is 6.54 Å². The summed E-state index contributed by atoms with van der Waals surface area (Å²) in [6.07, 6.45) is 1.57. The summed E-state index contributed by atoms with van der Waals surface area (Å²) in [4.78, 5) is 0.905. The minimum atomic E-state index is -3.33. The number of ether oxygens (including phenoxy) is 1. The molecular formula is C11H16ClNO3S2. The van der Waals surface area contributed by atoms with E-state index in [9.17, 15) is 8.42 Å². The number of thiophene rings is 1. The maximum Gasteiger partial charge on any atom is 0.216 e. The maximum absolute atomic E-state index is 12.1. The molecule has 0 spiro atoms. The van der Waals surface area contributed by atoms with E-state index < -0.39 is 10.0 Å². The summed E-state index contributed by atoms with van der Waals surface area (Å²) in [6.45, 7) is 4.36. The standard InChI is InChI=1S/C11H16ClNO3S2/c1-3-6-13(18(14,15)8-7-16-2)9-10-4-5-11(12)17-10/h3-5H,1,6-9H2,2H3. The highest BCUT2D eigenvalue weighted by atomic mass is 35.5. The molecule has 0 aliphatic heterocycles. The van der Waals surface area contributed by atoms with Crippen LogP contribution in [0.15, 0.2) is 24.8 Å². The molecule has 0 bridgehead atoms. The summed E-state index contributed by atoms with van der Waals surface area (Å²) in [5.74, 6) is -0.0313. The predicted molar refractivity (Wildman–Crippen MR) is 75.6 cm³/mol. The van der Waals surface area contributed by atoms with E-state index in [1.165, 1.54) is 22.8 Å². The van der Waals surface area contributed by atoms with E-state index in [4.69, 9.17) is 16.3 Å². The molecule has 102 valence electrons. The average Bonchev–Trinajstić information content (AvgIpc) is 2.72. The average molecular weight is 310 g/mol. The summed E-state index contributed by atoms with van der Waals surface area (Å²) < 4.78 is 31.0. The molecule has 0 aliphatic rings. The zero-order chi connectivity index (χ0) is 13.6. The Morgan fingerprint density at radius 2 is 2.28 bits per heavy atom. The lowest BCUT2D eigenvalue weighted by atomic mass is 10.4. The van der Waals surface area contributed by atoms with Gasteiger partial charge in [0.2, 0.25) is 10.0 Å². The Bertz CT molecular complexity index is 484. The van der Waals surface area contributed by atoms with Crippen molar-refractivity contribution in [2.75, 3.05) is 26.0 Å². The van der Waals surface area contributed by atoms with Crippen molar-refractivity contribution in [3.05, 3.63) is 34.0 Å². The van der Waals surface area contributed by atoms with Crippen LogP contribution >= 0.6 is 22.9 Å². The fourth-order valence-corrected chi connectivity index (χ4v) is 3.84. The normalized spacial score (nSPS) is 11.9. The van der Waals surface area contributed by atoms with E-state index in [1.54, 1.807) is 12.1 Å². The molecule has 0 atom stereocenters. The summed E-state index contributed by atoms with van der Waals surface area (Å²) in [7, 11) is -1.86. The zero-order valence-electron chi connectivity index (χ0n) is 10.1. The van der Waals surface area contributed by atoms with Crippen LogP contribution in [0.25, 0.3) is 0 Å². The van der Waals surface area contributed by atoms with E-state index in [2.05, 4.69) is 6.58 Å². The number of halogens is 1. The van der Waals surface area contributed by atoms with Crippen molar-refractivity contribution in [1.29, 1.82) is 0 Å². The molecule has 0 aromatic carbocycles. The molecule has 1 rings (SSSR count). The Labute approximate surface area is 117 Å². The molecule has 7 heteroatoms. The summed E-state index contributed by atoms with van der Waals surface area (Å²) >= 11 is 7.20. The highest BCUT2D eigenvalue weighted by Gasteiger charge is 2.21. The monoisotopic (exact) mass is 309 g/mol. The molecule has 0 aliphatic carbocycles. The Morgan fingerprint density at radius 3 is 2.78 bits per heavy atom. The molecule has 1 aromatic heterocycles. The smallest absolute Gasteiger partial charge is 0.216 e. The van der Waals surface area contributed by atoms with Crippen molar-refractivity contribution < 1.29 is 13.2 Å². The minimum Gasteiger partial charge on any atom is -0.384 e. The van der Waals surface area contributed by atoms with E-state index in [-0.39, 0.29) is 18.9 Å². The summed E-state index contributed by atoms with van der Waals surface area (Å²) in [5, 5.41) is 0. The lowest BCUT2D eigenvalue weighted by Crippen LogP contribution is -2.33. The second-order valence-electron chi connectivity index (χ2n) is 3.60. The van der Waals surface area contributed by atoms with Gasteiger partial charge in [-0.2, -0.15) is 4.31 Å². The van der Waals surface area contributed by atoms with Crippen molar-refractivity contribution in [2.24, 2.45) is 0 Å². The van der Waals surface area contributed by atoms with E-state index in [0.717, 1.165) is 4.88 Å². The van der Waals surface area contributed by atoms with Gasteiger partial charge in [-0.25, -0.2) is 8.42 Å². The summed E-state index contributed by atoms with van der Waals surface area (Å²) in [5.41, 5.74) is 0. The van der Waals surface area contributed by atoms with E-state index >= 15 is 0 Å². The van der Waals surface area contributed by atoms with Crippen molar-refractivity contribution >= 4 is 33.0 Å². The molecule has 0 N–H and O–H groups in total. The topological polar surface area (TPSA) is 46.6 Å². The SMILES string of the molecule is C=CCN(Cc1ccc(Cl)s1)S(=O)(=O)CCOC. The first-order valence-electron chi connectivity index (χ1n) is 5.31. The molecule has 1 heterocycles. The molecular weight excluding hydrogens is 294 g/mol. The number of rotatable bonds is 8. The first-order valence-corrected chi connectivity index (χ1v) is 8.12. The van der Waals surface area contributed by atoms with Gasteiger partial charge in [0.15, 0.2) is 0 Å². The Balaban J connectivity index is 2.78. The second kappa shape index (κ2) is 7.25. The van der Waals surface area contributed by atoms with Gasteiger partial charge in [-0.1, -0.05) is 17.7 Å². The Kier molecular flexibility index (Phi) is 6.31. The molecule has 0 fully saturated rings. The third kappa shape index (κ3) is 4.70. The van der Waals surface area contributed by atoms with Crippen LogP contribution in [0.2, 0.25) is 4.34 Å². The number of methoxy groups -OCH3 is 1. The van der Waals surface area contributed by atoms with Crippen LogP contribution in [0.1, 0.15) is 4.88 Å². The lowest BCUT2D eigenvalue weighted by molar-refractivity contribution is 0.215. The number of sulfonamides is 1. The van der Waals surface area contributed by atoms with E-state index in [1.807, 2.05) is 6.07 Å². The van der Waals surface area contributed by atoms with Gasteiger partial charge in [-0.15, -0.1) is 17.9 Å². The van der Waals surface area contributed by atoms with Crippen molar-refractivity contribution in [3.63, 3.8) is 0 Å². The minimum absolute atomic E-state index is 0.0313. The number of nitrogens with zero attached hydrogens (tertiary/aromatic N) is 1. The van der Waals surface area contributed by atoms with Crippen LogP contribution in [0, 0.1) is 0 Å². The molecule has 0 unspecified atom stereocenters. The second-order valence-corrected chi connectivity index (χ2v) is 7.48.